The van der Waals surface area contributed by atoms with Gasteiger partial charge in [-0.2, -0.15) is 0 Å². The highest BCUT2D eigenvalue weighted by atomic mass is 16.5. The number of pyridine rings is 1. The second-order valence-electron chi connectivity index (χ2n) is 4.29. The van der Waals surface area contributed by atoms with Crippen LogP contribution in [0.25, 0.3) is 11.1 Å². The molecule has 0 spiro atoms. The fraction of sp³-hybridized carbons (Fsp3) is 0.250. The third-order valence-electron chi connectivity index (χ3n) is 3.16. The van der Waals surface area contributed by atoms with Gasteiger partial charge in [0.15, 0.2) is 17.8 Å². The number of carbonyl (C=O) groups excluding carboxylic acids is 1. The molecule has 0 aliphatic heterocycles. The van der Waals surface area contributed by atoms with Gasteiger partial charge in [0.25, 0.3) is 0 Å². The van der Waals surface area contributed by atoms with Crippen molar-refractivity contribution in [2.45, 2.75) is 13.5 Å². The maximum atomic E-state index is 11.5. The van der Waals surface area contributed by atoms with Crippen LogP contribution in [0.15, 0.2) is 30.6 Å². The van der Waals surface area contributed by atoms with Gasteiger partial charge in [-0.05, 0) is 36.2 Å². The van der Waals surface area contributed by atoms with Crippen LogP contribution < -0.4 is 9.47 Å². The Morgan fingerprint density at radius 1 is 1.33 bits per heavy atom. The maximum Gasteiger partial charge on any atom is 0.166 e. The van der Waals surface area contributed by atoms with Crippen molar-refractivity contribution in [1.82, 2.24) is 4.98 Å². The molecule has 5 nitrogen and oxygen atoms in total. The van der Waals surface area contributed by atoms with Gasteiger partial charge in [-0.3, -0.25) is 9.78 Å². The van der Waals surface area contributed by atoms with Crippen LogP contribution >= 0.6 is 0 Å². The number of aliphatic hydroxyl groups is 1. The van der Waals surface area contributed by atoms with Crippen molar-refractivity contribution in [1.29, 1.82) is 0 Å². The van der Waals surface area contributed by atoms with Crippen LogP contribution in [0, 0.1) is 0 Å². The first-order valence-corrected chi connectivity index (χ1v) is 6.59. The Kier molecular flexibility index (Phi) is 4.90. The van der Waals surface area contributed by atoms with Crippen LogP contribution in [0.4, 0.5) is 0 Å². The Morgan fingerprint density at radius 2 is 2.05 bits per heavy atom. The minimum atomic E-state index is -0.309. The minimum absolute atomic E-state index is 0.309. The number of hydrogen-bond donors (Lipinski definition) is 1. The Bertz CT molecular complexity index is 626. The number of methoxy groups -OCH3 is 1. The summed E-state index contributed by atoms with van der Waals surface area (Å²) in [5.41, 5.74) is 2.32. The summed E-state index contributed by atoms with van der Waals surface area (Å²) >= 11 is 0. The zero-order valence-corrected chi connectivity index (χ0v) is 12.0. The molecular weight excluding hydrogens is 270 g/mol. The van der Waals surface area contributed by atoms with E-state index in [1.807, 2.05) is 6.92 Å². The lowest BCUT2D eigenvalue weighted by Crippen LogP contribution is -2.04. The number of carbonyl (C=O) groups is 1. The van der Waals surface area contributed by atoms with E-state index >= 15 is 0 Å². The highest BCUT2D eigenvalue weighted by Gasteiger charge is 2.19. The second kappa shape index (κ2) is 6.85. The first-order valence-electron chi connectivity index (χ1n) is 6.59. The number of nitrogens with zero attached hydrogens (tertiary/aromatic N) is 1. The van der Waals surface area contributed by atoms with Crippen LogP contribution in [0.1, 0.15) is 22.8 Å². The first kappa shape index (κ1) is 15.0. The Balaban J connectivity index is 2.75. The lowest BCUT2D eigenvalue weighted by molar-refractivity contribution is 0.112. The normalized spacial score (nSPS) is 10.2. The molecule has 1 aromatic carbocycles. The highest BCUT2D eigenvalue weighted by Crippen LogP contribution is 2.39. The molecule has 0 unspecified atom stereocenters. The molecule has 1 N–H and O–H groups in total. The van der Waals surface area contributed by atoms with E-state index in [0.717, 1.165) is 11.8 Å². The predicted octanol–water partition coefficient (Wildman–Crippen LogP) is 2.46. The van der Waals surface area contributed by atoms with E-state index in [1.54, 1.807) is 30.6 Å². The van der Waals surface area contributed by atoms with Gasteiger partial charge < -0.3 is 14.6 Å². The molecule has 5 heteroatoms. The summed E-state index contributed by atoms with van der Waals surface area (Å²) in [6, 6.07) is 5.35. The number of aliphatic hydroxyl groups excluding tert-OH is 1. The number of benzene rings is 1. The molecule has 2 aromatic rings. The van der Waals surface area contributed by atoms with Gasteiger partial charge in [0.2, 0.25) is 0 Å². The number of ether oxygens (including phenoxy) is 2. The van der Waals surface area contributed by atoms with Gasteiger partial charge in [0.1, 0.15) is 0 Å². The summed E-state index contributed by atoms with van der Waals surface area (Å²) in [4.78, 5) is 15.5. The Labute approximate surface area is 123 Å². The predicted molar refractivity (Wildman–Crippen MR) is 78.7 cm³/mol. The first-order chi connectivity index (χ1) is 10.3. The summed E-state index contributed by atoms with van der Waals surface area (Å²) in [6.45, 7) is 2.01. The van der Waals surface area contributed by atoms with Gasteiger partial charge >= 0.3 is 0 Å². The molecule has 110 valence electrons. The van der Waals surface area contributed by atoms with E-state index in [0.29, 0.717) is 34.8 Å². The topological polar surface area (TPSA) is 68.7 Å². The van der Waals surface area contributed by atoms with Crippen LogP contribution in [-0.2, 0) is 6.61 Å². The van der Waals surface area contributed by atoms with Gasteiger partial charge in [-0.15, -0.1) is 0 Å². The summed E-state index contributed by atoms with van der Waals surface area (Å²) in [5, 5.41) is 9.62. The largest absolute Gasteiger partial charge is 0.492 e. The fourth-order valence-electron chi connectivity index (χ4n) is 2.26. The second-order valence-corrected chi connectivity index (χ2v) is 4.29. The summed E-state index contributed by atoms with van der Waals surface area (Å²) in [5.74, 6) is 0.890. The Morgan fingerprint density at radius 3 is 2.57 bits per heavy atom. The molecule has 0 bridgehead atoms. The molecule has 2 rings (SSSR count). The van der Waals surface area contributed by atoms with Crippen LogP contribution in [0.2, 0.25) is 0 Å². The highest BCUT2D eigenvalue weighted by molar-refractivity contribution is 5.91. The van der Waals surface area contributed by atoms with E-state index < -0.39 is 0 Å². The lowest BCUT2D eigenvalue weighted by atomic mass is 9.95. The van der Waals surface area contributed by atoms with Crippen molar-refractivity contribution in [3.63, 3.8) is 0 Å². The molecule has 0 atom stereocenters. The molecule has 21 heavy (non-hydrogen) atoms. The molecule has 0 saturated carbocycles. The molecule has 0 saturated heterocycles. The number of hydrogen-bond acceptors (Lipinski definition) is 5. The van der Waals surface area contributed by atoms with Crippen molar-refractivity contribution in [2.75, 3.05) is 13.7 Å². The molecule has 1 heterocycles. The minimum Gasteiger partial charge on any atom is -0.492 e. The van der Waals surface area contributed by atoms with Gasteiger partial charge in [0.05, 0.1) is 20.3 Å². The molecule has 0 fully saturated rings. The van der Waals surface area contributed by atoms with Gasteiger partial charge in [-0.25, -0.2) is 0 Å². The molecule has 0 radical (unpaired) electrons. The van der Waals surface area contributed by atoms with Crippen LogP contribution in [-0.4, -0.2) is 30.1 Å². The molecule has 1 aromatic heterocycles. The number of aromatic nitrogens is 1. The monoisotopic (exact) mass is 287 g/mol. The SMILES string of the molecule is CCOc1cc(-c2ccncc2)c(C=O)c(CO)c1OC. The average molecular weight is 287 g/mol. The average Bonchev–Trinajstić information content (AvgIpc) is 2.54. The van der Waals surface area contributed by atoms with Gasteiger partial charge in [-0.1, -0.05) is 0 Å². The smallest absolute Gasteiger partial charge is 0.166 e. The molecule has 0 amide bonds. The van der Waals surface area contributed by atoms with Crippen LogP contribution in [0.5, 0.6) is 11.5 Å². The fourth-order valence-corrected chi connectivity index (χ4v) is 2.26. The number of aldehydes is 1. The lowest BCUT2D eigenvalue weighted by Gasteiger charge is -2.17. The van der Waals surface area contributed by atoms with E-state index in [-0.39, 0.29) is 6.61 Å². The third kappa shape index (κ3) is 2.87. The van der Waals surface area contributed by atoms with Crippen molar-refractivity contribution < 1.29 is 19.4 Å². The van der Waals surface area contributed by atoms with E-state index in [2.05, 4.69) is 4.98 Å². The maximum absolute atomic E-state index is 11.5. The zero-order valence-electron chi connectivity index (χ0n) is 12.0. The summed E-state index contributed by atoms with van der Waals surface area (Å²) < 4.78 is 10.9. The van der Waals surface area contributed by atoms with Crippen LogP contribution in [0.3, 0.4) is 0 Å². The zero-order chi connectivity index (χ0) is 15.2. The Hall–Kier alpha value is -2.40. The standard InChI is InChI=1S/C16H17NO4/c1-3-21-15-8-12(11-4-6-17-7-5-11)13(9-18)14(10-19)16(15)20-2/h4-9,19H,3,10H2,1-2H3. The quantitative estimate of drug-likeness (QED) is 0.826. The molecule has 0 aliphatic carbocycles. The third-order valence-corrected chi connectivity index (χ3v) is 3.16. The van der Waals surface area contributed by atoms with Gasteiger partial charge in [0, 0.05) is 23.5 Å². The summed E-state index contributed by atoms with van der Waals surface area (Å²) in [7, 11) is 1.48. The molecular formula is C16H17NO4. The van der Waals surface area contributed by atoms with E-state index in [9.17, 15) is 9.90 Å². The van der Waals surface area contributed by atoms with Crippen molar-refractivity contribution in [3.8, 4) is 22.6 Å². The van der Waals surface area contributed by atoms with E-state index in [1.165, 1.54) is 7.11 Å². The summed E-state index contributed by atoms with van der Waals surface area (Å²) in [6.07, 6.45) is 4.01. The molecule has 0 aliphatic rings. The van der Waals surface area contributed by atoms with Crippen molar-refractivity contribution >= 4 is 6.29 Å². The van der Waals surface area contributed by atoms with Crippen molar-refractivity contribution in [2.24, 2.45) is 0 Å². The number of rotatable bonds is 6. The van der Waals surface area contributed by atoms with Crippen molar-refractivity contribution in [3.05, 3.63) is 41.7 Å². The van der Waals surface area contributed by atoms with E-state index in [4.69, 9.17) is 9.47 Å².